The summed E-state index contributed by atoms with van der Waals surface area (Å²) in [6.07, 6.45) is 0. The standard InChI is InChI=1S/C14H19N3O4/c1-3-21-14(18)13-9-15-4-5-16(13)11-6-10(2)7-12(8-11)17(19)20/h6-8,13,15H,3-5,9H2,1-2H3. The summed E-state index contributed by atoms with van der Waals surface area (Å²) < 4.78 is 5.09. The number of carbonyl (C=O) groups is 1. The minimum absolute atomic E-state index is 0.0335. The van der Waals surface area contributed by atoms with Crippen molar-refractivity contribution < 1.29 is 14.5 Å². The molecule has 0 amide bonds. The van der Waals surface area contributed by atoms with E-state index in [4.69, 9.17) is 4.74 Å². The minimum atomic E-state index is -0.458. The molecule has 21 heavy (non-hydrogen) atoms. The second-order valence-electron chi connectivity index (χ2n) is 4.95. The number of nitrogens with one attached hydrogen (secondary N) is 1. The second kappa shape index (κ2) is 6.53. The summed E-state index contributed by atoms with van der Waals surface area (Å²) >= 11 is 0. The van der Waals surface area contributed by atoms with Crippen molar-refractivity contribution in [3.63, 3.8) is 0 Å². The summed E-state index contributed by atoms with van der Waals surface area (Å²) in [5.74, 6) is -0.311. The molecule has 2 rings (SSSR count). The maximum atomic E-state index is 12.0. The van der Waals surface area contributed by atoms with Crippen LogP contribution in [0.25, 0.3) is 0 Å². The van der Waals surface area contributed by atoms with Crippen LogP contribution in [0.15, 0.2) is 18.2 Å². The first-order valence-corrected chi connectivity index (χ1v) is 6.93. The van der Waals surface area contributed by atoms with Gasteiger partial charge in [-0.15, -0.1) is 0 Å². The third-order valence-electron chi connectivity index (χ3n) is 3.39. The fourth-order valence-electron chi connectivity index (χ4n) is 2.48. The molecule has 1 fully saturated rings. The van der Waals surface area contributed by atoms with Crippen LogP contribution in [0, 0.1) is 17.0 Å². The van der Waals surface area contributed by atoms with Gasteiger partial charge in [0.05, 0.1) is 11.5 Å². The van der Waals surface area contributed by atoms with Gasteiger partial charge in [0.1, 0.15) is 6.04 Å². The molecular formula is C14H19N3O4. The van der Waals surface area contributed by atoms with E-state index in [1.165, 1.54) is 12.1 Å². The van der Waals surface area contributed by atoms with Gasteiger partial charge in [-0.05, 0) is 25.5 Å². The van der Waals surface area contributed by atoms with Crippen LogP contribution >= 0.6 is 0 Å². The Morgan fingerprint density at radius 2 is 2.29 bits per heavy atom. The molecule has 0 radical (unpaired) electrons. The highest BCUT2D eigenvalue weighted by molar-refractivity contribution is 5.81. The molecule has 1 N–H and O–H groups in total. The van der Waals surface area contributed by atoms with E-state index < -0.39 is 11.0 Å². The lowest BCUT2D eigenvalue weighted by Gasteiger charge is -2.36. The van der Waals surface area contributed by atoms with Gasteiger partial charge in [-0.1, -0.05) is 0 Å². The van der Waals surface area contributed by atoms with Crippen LogP contribution in [-0.4, -0.2) is 43.2 Å². The first-order valence-electron chi connectivity index (χ1n) is 6.93. The van der Waals surface area contributed by atoms with E-state index >= 15 is 0 Å². The number of anilines is 1. The monoisotopic (exact) mass is 293 g/mol. The number of carbonyl (C=O) groups excluding carboxylic acids is 1. The van der Waals surface area contributed by atoms with Gasteiger partial charge in [0.15, 0.2) is 0 Å². The fourth-order valence-corrected chi connectivity index (χ4v) is 2.48. The Morgan fingerprint density at radius 3 is 2.95 bits per heavy atom. The molecule has 1 aromatic rings. The first-order chi connectivity index (χ1) is 10.0. The van der Waals surface area contributed by atoms with Gasteiger partial charge < -0.3 is 15.0 Å². The van der Waals surface area contributed by atoms with Crippen LogP contribution in [-0.2, 0) is 9.53 Å². The molecule has 0 aliphatic carbocycles. The Hall–Kier alpha value is -2.15. The lowest BCUT2D eigenvalue weighted by atomic mass is 10.1. The van der Waals surface area contributed by atoms with E-state index in [2.05, 4.69) is 5.32 Å². The zero-order valence-corrected chi connectivity index (χ0v) is 12.2. The summed E-state index contributed by atoms with van der Waals surface area (Å²) in [4.78, 5) is 24.5. The average molecular weight is 293 g/mol. The molecule has 1 aliphatic rings. The zero-order chi connectivity index (χ0) is 15.4. The molecule has 0 spiro atoms. The van der Waals surface area contributed by atoms with E-state index in [1.54, 1.807) is 13.8 Å². The number of nitro benzene ring substituents is 1. The quantitative estimate of drug-likeness (QED) is 0.511. The third-order valence-corrected chi connectivity index (χ3v) is 3.39. The van der Waals surface area contributed by atoms with Crippen LogP contribution in [0.5, 0.6) is 0 Å². The lowest BCUT2D eigenvalue weighted by molar-refractivity contribution is -0.384. The van der Waals surface area contributed by atoms with Crippen molar-refractivity contribution in [1.29, 1.82) is 0 Å². The summed E-state index contributed by atoms with van der Waals surface area (Å²) in [7, 11) is 0. The first kappa shape index (κ1) is 15.2. The molecule has 114 valence electrons. The van der Waals surface area contributed by atoms with E-state index in [9.17, 15) is 14.9 Å². The molecule has 0 saturated carbocycles. The SMILES string of the molecule is CCOC(=O)C1CNCCN1c1cc(C)cc([N+](=O)[O-])c1. The summed E-state index contributed by atoms with van der Waals surface area (Å²) in [5.41, 5.74) is 1.51. The number of aryl methyl sites for hydroxylation is 1. The number of esters is 1. The van der Waals surface area contributed by atoms with E-state index in [0.29, 0.717) is 25.4 Å². The van der Waals surface area contributed by atoms with Gasteiger partial charge in [-0.2, -0.15) is 0 Å². The van der Waals surface area contributed by atoms with Gasteiger partial charge in [0, 0.05) is 37.5 Å². The number of hydrogen-bond donors (Lipinski definition) is 1. The molecule has 0 bridgehead atoms. The van der Waals surface area contributed by atoms with Crippen molar-refractivity contribution >= 4 is 17.3 Å². The van der Waals surface area contributed by atoms with E-state index in [-0.39, 0.29) is 11.7 Å². The molecule has 1 atom stereocenters. The van der Waals surface area contributed by atoms with Crippen LogP contribution in [0.3, 0.4) is 0 Å². The highest BCUT2D eigenvalue weighted by Crippen LogP contribution is 2.26. The van der Waals surface area contributed by atoms with Gasteiger partial charge >= 0.3 is 5.97 Å². The molecule has 1 saturated heterocycles. The van der Waals surface area contributed by atoms with Gasteiger partial charge in [-0.25, -0.2) is 4.79 Å². The minimum Gasteiger partial charge on any atom is -0.464 e. The summed E-state index contributed by atoms with van der Waals surface area (Å²) in [6, 6.07) is 4.42. The molecular weight excluding hydrogens is 274 g/mol. The maximum absolute atomic E-state index is 12.0. The molecule has 0 aromatic heterocycles. The van der Waals surface area contributed by atoms with E-state index in [0.717, 1.165) is 12.1 Å². The van der Waals surface area contributed by atoms with Gasteiger partial charge in [0.2, 0.25) is 0 Å². The third kappa shape index (κ3) is 3.49. The smallest absolute Gasteiger partial charge is 0.330 e. The van der Waals surface area contributed by atoms with Crippen LogP contribution in [0.2, 0.25) is 0 Å². The number of non-ortho nitro benzene ring substituents is 1. The Bertz CT molecular complexity index is 547. The zero-order valence-electron chi connectivity index (χ0n) is 12.2. The number of benzene rings is 1. The second-order valence-corrected chi connectivity index (χ2v) is 4.95. The highest BCUT2D eigenvalue weighted by Gasteiger charge is 2.30. The molecule has 1 heterocycles. The number of rotatable bonds is 4. The van der Waals surface area contributed by atoms with Crippen molar-refractivity contribution in [2.45, 2.75) is 19.9 Å². The Morgan fingerprint density at radius 1 is 1.52 bits per heavy atom. The Kier molecular flexibility index (Phi) is 4.74. The van der Waals surface area contributed by atoms with Crippen LogP contribution < -0.4 is 10.2 Å². The van der Waals surface area contributed by atoms with E-state index in [1.807, 2.05) is 11.0 Å². The topological polar surface area (TPSA) is 84.7 Å². The summed E-state index contributed by atoms with van der Waals surface area (Å²) in [5, 5.41) is 14.1. The molecule has 1 aromatic carbocycles. The van der Waals surface area contributed by atoms with Crippen LogP contribution in [0.1, 0.15) is 12.5 Å². The average Bonchev–Trinajstić information content (AvgIpc) is 2.46. The number of nitro groups is 1. The van der Waals surface area contributed by atoms with Crippen molar-refractivity contribution in [3.05, 3.63) is 33.9 Å². The number of hydrogen-bond acceptors (Lipinski definition) is 6. The number of piperazine rings is 1. The largest absolute Gasteiger partial charge is 0.464 e. The van der Waals surface area contributed by atoms with Crippen molar-refractivity contribution in [1.82, 2.24) is 5.32 Å². The molecule has 7 nitrogen and oxygen atoms in total. The molecule has 1 unspecified atom stereocenters. The van der Waals surface area contributed by atoms with Gasteiger partial charge in [0.25, 0.3) is 5.69 Å². The maximum Gasteiger partial charge on any atom is 0.330 e. The van der Waals surface area contributed by atoms with Crippen molar-refractivity contribution in [3.8, 4) is 0 Å². The van der Waals surface area contributed by atoms with Crippen LogP contribution in [0.4, 0.5) is 11.4 Å². The fraction of sp³-hybridized carbons (Fsp3) is 0.500. The number of ether oxygens (including phenoxy) is 1. The normalized spacial score (nSPS) is 18.4. The molecule has 1 aliphatic heterocycles. The number of nitrogens with zero attached hydrogens (tertiary/aromatic N) is 2. The molecule has 7 heteroatoms. The summed E-state index contributed by atoms with van der Waals surface area (Å²) in [6.45, 7) is 5.67. The Labute approximate surface area is 123 Å². The predicted octanol–water partition coefficient (Wildman–Crippen LogP) is 1.24. The predicted molar refractivity (Wildman–Crippen MR) is 78.5 cm³/mol. The van der Waals surface area contributed by atoms with Crippen molar-refractivity contribution in [2.75, 3.05) is 31.1 Å². The van der Waals surface area contributed by atoms with Crippen molar-refractivity contribution in [2.24, 2.45) is 0 Å². The van der Waals surface area contributed by atoms with Gasteiger partial charge in [-0.3, -0.25) is 10.1 Å². The Balaban J connectivity index is 2.32. The highest BCUT2D eigenvalue weighted by atomic mass is 16.6. The lowest BCUT2D eigenvalue weighted by Crippen LogP contribution is -2.55.